The predicted molar refractivity (Wildman–Crippen MR) is 93.2 cm³/mol. The molecule has 1 amide bonds. The summed E-state index contributed by atoms with van der Waals surface area (Å²) in [6.45, 7) is 2.39. The van der Waals surface area contributed by atoms with Crippen LogP contribution in [-0.2, 0) is 11.2 Å². The Bertz CT molecular complexity index is 782. The molecular formula is C18H18N2O3S. The summed E-state index contributed by atoms with van der Waals surface area (Å²) in [6, 6.07) is 13.2. The molecule has 5 nitrogen and oxygen atoms in total. The summed E-state index contributed by atoms with van der Waals surface area (Å²) >= 11 is 1.59. The molecule has 6 heteroatoms. The van der Waals surface area contributed by atoms with Crippen LogP contribution in [0.4, 0.5) is 0 Å². The van der Waals surface area contributed by atoms with Crippen molar-refractivity contribution in [3.63, 3.8) is 0 Å². The smallest absolute Gasteiger partial charge is 0.257 e. The number of aromatic nitrogens is 1. The van der Waals surface area contributed by atoms with Crippen LogP contribution in [-0.4, -0.2) is 24.0 Å². The number of nitrogens with zero attached hydrogens (tertiary/aromatic N) is 1. The lowest BCUT2D eigenvalue weighted by Gasteiger charge is -2.06. The van der Waals surface area contributed by atoms with Crippen LogP contribution in [0.3, 0.4) is 0 Å². The number of hydrogen-bond donors (Lipinski definition) is 1. The Kier molecular flexibility index (Phi) is 5.28. The molecule has 0 aliphatic carbocycles. The zero-order valence-electron chi connectivity index (χ0n) is 13.3. The maximum atomic E-state index is 11.8. The molecule has 3 rings (SSSR count). The molecule has 0 fully saturated rings. The summed E-state index contributed by atoms with van der Waals surface area (Å²) in [5.41, 5.74) is 0.864. The van der Waals surface area contributed by atoms with Crippen molar-refractivity contribution in [1.29, 1.82) is 0 Å². The number of aryl methyl sites for hydroxylation is 1. The van der Waals surface area contributed by atoms with Crippen LogP contribution in [0.25, 0.3) is 10.8 Å². The van der Waals surface area contributed by atoms with Gasteiger partial charge in [-0.25, -0.2) is 4.98 Å². The maximum absolute atomic E-state index is 11.8. The van der Waals surface area contributed by atoms with E-state index in [1.807, 2.05) is 54.8 Å². The van der Waals surface area contributed by atoms with E-state index in [1.165, 1.54) is 0 Å². The number of rotatable bonds is 7. The SMILES string of the molecule is Cc1oc(-c2cccs2)nc1CCNC(=O)COc1ccccc1. The van der Waals surface area contributed by atoms with Gasteiger partial charge in [0.15, 0.2) is 6.61 Å². The number of carbonyl (C=O) groups is 1. The number of oxazole rings is 1. The molecule has 2 heterocycles. The Balaban J connectivity index is 1.45. The van der Waals surface area contributed by atoms with Gasteiger partial charge in [-0.1, -0.05) is 24.3 Å². The molecule has 0 unspecified atom stereocenters. The van der Waals surface area contributed by atoms with Gasteiger partial charge in [0.05, 0.1) is 10.6 Å². The Morgan fingerprint density at radius 2 is 2.08 bits per heavy atom. The molecule has 0 saturated heterocycles. The van der Waals surface area contributed by atoms with Gasteiger partial charge in [-0.3, -0.25) is 4.79 Å². The van der Waals surface area contributed by atoms with Crippen molar-refractivity contribution in [2.24, 2.45) is 0 Å². The van der Waals surface area contributed by atoms with E-state index in [0.29, 0.717) is 24.6 Å². The van der Waals surface area contributed by atoms with E-state index in [9.17, 15) is 4.79 Å². The Morgan fingerprint density at radius 3 is 2.83 bits per heavy atom. The molecule has 0 aliphatic rings. The van der Waals surface area contributed by atoms with E-state index in [-0.39, 0.29) is 12.5 Å². The molecule has 0 aliphatic heterocycles. The van der Waals surface area contributed by atoms with Crippen LogP contribution >= 0.6 is 11.3 Å². The van der Waals surface area contributed by atoms with Gasteiger partial charge in [0.2, 0.25) is 5.89 Å². The fraction of sp³-hybridized carbons (Fsp3) is 0.222. The molecule has 0 saturated carbocycles. The van der Waals surface area contributed by atoms with Crippen LogP contribution in [0.15, 0.2) is 52.3 Å². The maximum Gasteiger partial charge on any atom is 0.257 e. The zero-order chi connectivity index (χ0) is 16.8. The highest BCUT2D eigenvalue weighted by atomic mass is 32.1. The molecule has 1 N–H and O–H groups in total. The minimum atomic E-state index is -0.154. The molecule has 3 aromatic rings. The average Bonchev–Trinajstić information content (AvgIpc) is 3.24. The van der Waals surface area contributed by atoms with Crippen LogP contribution in [0.1, 0.15) is 11.5 Å². The number of thiophene rings is 1. The van der Waals surface area contributed by atoms with E-state index in [1.54, 1.807) is 11.3 Å². The fourth-order valence-electron chi connectivity index (χ4n) is 2.20. The minimum absolute atomic E-state index is 0.00224. The number of amides is 1. The second-order valence-corrected chi connectivity index (χ2v) is 6.15. The summed E-state index contributed by atoms with van der Waals surface area (Å²) in [7, 11) is 0. The van der Waals surface area contributed by atoms with E-state index < -0.39 is 0 Å². The molecule has 2 aromatic heterocycles. The molecule has 0 radical (unpaired) electrons. The largest absolute Gasteiger partial charge is 0.484 e. The molecule has 0 spiro atoms. The van der Waals surface area contributed by atoms with Crippen molar-refractivity contribution >= 4 is 17.2 Å². The standard InChI is InChI=1S/C18H18N2O3S/c1-13-15(20-18(23-13)16-8-5-11-24-16)9-10-19-17(21)12-22-14-6-3-2-4-7-14/h2-8,11H,9-10,12H2,1H3,(H,19,21). The van der Waals surface area contributed by atoms with Crippen molar-refractivity contribution in [2.75, 3.05) is 13.2 Å². The first-order valence-corrected chi connectivity index (χ1v) is 8.55. The lowest BCUT2D eigenvalue weighted by atomic mass is 10.2. The summed E-state index contributed by atoms with van der Waals surface area (Å²) in [4.78, 5) is 17.3. The number of hydrogen-bond acceptors (Lipinski definition) is 5. The van der Waals surface area contributed by atoms with Gasteiger partial charge >= 0.3 is 0 Å². The number of nitrogens with one attached hydrogen (secondary N) is 1. The molecule has 1 aromatic carbocycles. The minimum Gasteiger partial charge on any atom is -0.484 e. The van der Waals surface area contributed by atoms with E-state index in [2.05, 4.69) is 10.3 Å². The topological polar surface area (TPSA) is 64.4 Å². The molecule has 0 bridgehead atoms. The van der Waals surface area contributed by atoms with E-state index >= 15 is 0 Å². The summed E-state index contributed by atoms with van der Waals surface area (Å²) in [5.74, 6) is 1.95. The van der Waals surface area contributed by atoms with E-state index in [0.717, 1.165) is 16.3 Å². The summed E-state index contributed by atoms with van der Waals surface area (Å²) < 4.78 is 11.1. The number of para-hydroxylation sites is 1. The van der Waals surface area contributed by atoms with Crippen LogP contribution in [0.5, 0.6) is 5.75 Å². The first-order valence-electron chi connectivity index (χ1n) is 7.67. The highest BCUT2D eigenvalue weighted by Crippen LogP contribution is 2.25. The van der Waals surface area contributed by atoms with Gasteiger partial charge in [0.1, 0.15) is 11.5 Å². The quantitative estimate of drug-likeness (QED) is 0.714. The number of benzene rings is 1. The third-order valence-corrected chi connectivity index (χ3v) is 4.28. The Labute approximate surface area is 144 Å². The zero-order valence-corrected chi connectivity index (χ0v) is 14.1. The lowest BCUT2D eigenvalue weighted by molar-refractivity contribution is -0.123. The van der Waals surface area contributed by atoms with Crippen molar-refractivity contribution < 1.29 is 13.9 Å². The highest BCUT2D eigenvalue weighted by molar-refractivity contribution is 7.13. The number of carbonyl (C=O) groups excluding carboxylic acids is 1. The lowest BCUT2D eigenvalue weighted by Crippen LogP contribution is -2.30. The number of ether oxygens (including phenoxy) is 1. The molecule has 24 heavy (non-hydrogen) atoms. The Hall–Kier alpha value is -2.60. The first-order chi connectivity index (χ1) is 11.7. The highest BCUT2D eigenvalue weighted by Gasteiger charge is 2.12. The normalized spacial score (nSPS) is 10.5. The summed E-state index contributed by atoms with van der Waals surface area (Å²) in [5, 5.41) is 4.82. The second-order valence-electron chi connectivity index (χ2n) is 5.20. The van der Waals surface area contributed by atoms with Crippen LogP contribution in [0.2, 0.25) is 0 Å². The van der Waals surface area contributed by atoms with Crippen LogP contribution < -0.4 is 10.1 Å². The average molecular weight is 342 g/mol. The second kappa shape index (κ2) is 7.79. The predicted octanol–water partition coefficient (Wildman–Crippen LogP) is 3.45. The molecule has 124 valence electrons. The van der Waals surface area contributed by atoms with Gasteiger partial charge in [-0.2, -0.15) is 0 Å². The van der Waals surface area contributed by atoms with Crippen molar-refractivity contribution in [3.8, 4) is 16.5 Å². The first kappa shape index (κ1) is 16.3. The van der Waals surface area contributed by atoms with Gasteiger partial charge in [-0.15, -0.1) is 11.3 Å². The van der Waals surface area contributed by atoms with Gasteiger partial charge < -0.3 is 14.5 Å². The summed E-state index contributed by atoms with van der Waals surface area (Å²) in [6.07, 6.45) is 0.623. The third-order valence-electron chi connectivity index (χ3n) is 3.42. The molecular weight excluding hydrogens is 324 g/mol. The van der Waals surface area contributed by atoms with Gasteiger partial charge in [0.25, 0.3) is 5.91 Å². The molecule has 0 atom stereocenters. The Morgan fingerprint density at radius 1 is 1.25 bits per heavy atom. The van der Waals surface area contributed by atoms with Gasteiger partial charge in [-0.05, 0) is 30.5 Å². The van der Waals surface area contributed by atoms with Crippen molar-refractivity contribution in [2.45, 2.75) is 13.3 Å². The van der Waals surface area contributed by atoms with Gasteiger partial charge in [0, 0.05) is 13.0 Å². The monoisotopic (exact) mass is 342 g/mol. The van der Waals surface area contributed by atoms with Crippen molar-refractivity contribution in [3.05, 3.63) is 59.3 Å². The fourth-order valence-corrected chi connectivity index (χ4v) is 2.85. The van der Waals surface area contributed by atoms with Crippen molar-refractivity contribution in [1.82, 2.24) is 10.3 Å². The third kappa shape index (κ3) is 4.23. The van der Waals surface area contributed by atoms with E-state index in [4.69, 9.17) is 9.15 Å². The van der Waals surface area contributed by atoms with Crippen LogP contribution in [0, 0.1) is 6.92 Å².